The number of ether oxygens (including phenoxy) is 1. The van der Waals surface area contributed by atoms with Crippen LogP contribution >= 0.6 is 11.3 Å². The van der Waals surface area contributed by atoms with E-state index in [-0.39, 0.29) is 24.1 Å². The average molecular weight is 496 g/mol. The second-order valence-corrected chi connectivity index (χ2v) is 10.7. The summed E-state index contributed by atoms with van der Waals surface area (Å²) in [5.41, 5.74) is 0.816. The van der Waals surface area contributed by atoms with Crippen LogP contribution in [0, 0.1) is 0 Å². The summed E-state index contributed by atoms with van der Waals surface area (Å²) in [7, 11) is 0. The molecule has 1 amide bonds. The zero-order valence-corrected chi connectivity index (χ0v) is 21.4. The summed E-state index contributed by atoms with van der Waals surface area (Å²) >= 11 is 1.53. The molecule has 0 unspecified atom stereocenters. The lowest BCUT2D eigenvalue weighted by molar-refractivity contribution is -0.135. The Balaban J connectivity index is 1.68. The second-order valence-electron chi connectivity index (χ2n) is 9.61. The lowest BCUT2D eigenvalue weighted by Crippen LogP contribution is -2.46. The van der Waals surface area contributed by atoms with Crippen LogP contribution in [0.15, 0.2) is 33.9 Å². The Labute approximate surface area is 208 Å². The quantitative estimate of drug-likeness (QED) is 0.495. The van der Waals surface area contributed by atoms with Crippen molar-refractivity contribution >= 4 is 27.5 Å². The first-order valence-corrected chi connectivity index (χ1v) is 13.6. The van der Waals surface area contributed by atoms with E-state index in [4.69, 9.17) is 4.74 Å². The summed E-state index contributed by atoms with van der Waals surface area (Å²) < 4.78 is 8.33. The number of rotatable bonds is 5. The highest BCUT2D eigenvalue weighted by molar-refractivity contribution is 7.18. The van der Waals surface area contributed by atoms with Gasteiger partial charge < -0.3 is 9.64 Å². The number of hydrogen-bond donors (Lipinski definition) is 0. The summed E-state index contributed by atoms with van der Waals surface area (Å²) in [6, 6.07) is 7.19. The molecule has 35 heavy (non-hydrogen) atoms. The summed E-state index contributed by atoms with van der Waals surface area (Å²) in [6.07, 6.45) is 8.10. The number of benzene rings is 1. The molecule has 186 valence electrons. The first-order chi connectivity index (χ1) is 17.0. The minimum absolute atomic E-state index is 0.0453. The average Bonchev–Trinajstić information content (AvgIpc) is 3.06. The molecule has 2 aliphatic rings. The van der Waals surface area contributed by atoms with Crippen molar-refractivity contribution in [1.29, 1.82) is 0 Å². The molecule has 1 fully saturated rings. The van der Waals surface area contributed by atoms with Gasteiger partial charge >= 0.3 is 5.69 Å². The Morgan fingerprint density at radius 3 is 2.57 bits per heavy atom. The van der Waals surface area contributed by atoms with Gasteiger partial charge in [0.2, 0.25) is 5.91 Å². The highest BCUT2D eigenvalue weighted by atomic mass is 32.1. The van der Waals surface area contributed by atoms with E-state index in [0.717, 1.165) is 63.5 Å². The number of likely N-dealkylation sites (tertiary alicyclic amines) is 1. The van der Waals surface area contributed by atoms with Crippen molar-refractivity contribution in [2.75, 3.05) is 13.2 Å². The Hall–Kier alpha value is -2.87. The molecule has 1 aliphatic carbocycles. The van der Waals surface area contributed by atoms with E-state index in [1.807, 2.05) is 11.8 Å². The van der Waals surface area contributed by atoms with Gasteiger partial charge in [0.15, 0.2) is 0 Å². The second kappa shape index (κ2) is 10.0. The van der Waals surface area contributed by atoms with E-state index in [2.05, 4.69) is 6.92 Å². The van der Waals surface area contributed by atoms with E-state index in [0.29, 0.717) is 28.3 Å². The molecule has 1 saturated heterocycles. The van der Waals surface area contributed by atoms with Crippen molar-refractivity contribution in [1.82, 2.24) is 14.0 Å². The molecule has 7 nitrogen and oxygen atoms in total. The number of thiophene rings is 1. The lowest BCUT2D eigenvalue weighted by atomic mass is 10.0. The summed E-state index contributed by atoms with van der Waals surface area (Å²) in [6.45, 7) is 5.20. The number of carbonyl (C=O) groups is 1. The lowest BCUT2D eigenvalue weighted by Gasteiger charge is -2.33. The zero-order chi connectivity index (χ0) is 24.5. The van der Waals surface area contributed by atoms with Crippen LogP contribution in [0.5, 0.6) is 5.75 Å². The number of fused-ring (bicyclic) bond motifs is 3. The Morgan fingerprint density at radius 1 is 1.06 bits per heavy atom. The molecule has 1 atom stereocenters. The van der Waals surface area contributed by atoms with Crippen LogP contribution in [0.25, 0.3) is 15.9 Å². The summed E-state index contributed by atoms with van der Waals surface area (Å²) in [4.78, 5) is 44.8. The zero-order valence-electron chi connectivity index (χ0n) is 20.5. The van der Waals surface area contributed by atoms with Crippen LogP contribution in [0.4, 0.5) is 0 Å². The number of aryl methyl sites for hydroxylation is 2. The Bertz CT molecular complexity index is 1350. The van der Waals surface area contributed by atoms with Crippen molar-refractivity contribution in [2.24, 2.45) is 0 Å². The topological polar surface area (TPSA) is 73.5 Å². The third-order valence-electron chi connectivity index (χ3n) is 7.31. The Morgan fingerprint density at radius 2 is 1.83 bits per heavy atom. The van der Waals surface area contributed by atoms with Crippen LogP contribution in [0.3, 0.4) is 0 Å². The molecule has 0 saturated carbocycles. The van der Waals surface area contributed by atoms with E-state index in [9.17, 15) is 14.4 Å². The van der Waals surface area contributed by atoms with Gasteiger partial charge in [-0.05, 0) is 88.6 Å². The van der Waals surface area contributed by atoms with Crippen LogP contribution in [-0.4, -0.2) is 39.1 Å². The molecular formula is C27H33N3O4S. The minimum atomic E-state index is -0.457. The van der Waals surface area contributed by atoms with Crippen molar-refractivity contribution in [3.63, 3.8) is 0 Å². The smallest absolute Gasteiger partial charge is 0.337 e. The predicted octanol–water partition coefficient (Wildman–Crippen LogP) is 4.28. The first-order valence-electron chi connectivity index (χ1n) is 12.8. The number of carbonyl (C=O) groups excluding carboxylic acids is 1. The maximum atomic E-state index is 13.8. The summed E-state index contributed by atoms with van der Waals surface area (Å²) in [5.74, 6) is 0.630. The molecule has 0 spiro atoms. The van der Waals surface area contributed by atoms with Gasteiger partial charge in [0.05, 0.1) is 17.7 Å². The van der Waals surface area contributed by atoms with E-state index < -0.39 is 5.69 Å². The SMILES string of the molecule is CCOc1ccc(-n2c(=O)c3c4c(sc3n(CC(=O)N3CCCC[C@H]3C)c2=O)CCCCC4)cc1. The number of aromatic nitrogens is 2. The van der Waals surface area contributed by atoms with Crippen molar-refractivity contribution in [2.45, 2.75) is 77.8 Å². The van der Waals surface area contributed by atoms with E-state index in [1.54, 1.807) is 28.8 Å². The number of amides is 1. The fraction of sp³-hybridized carbons (Fsp3) is 0.519. The van der Waals surface area contributed by atoms with Crippen LogP contribution in [0.1, 0.15) is 62.8 Å². The van der Waals surface area contributed by atoms with Gasteiger partial charge in [-0.1, -0.05) is 6.42 Å². The van der Waals surface area contributed by atoms with Crippen molar-refractivity contribution in [3.05, 3.63) is 55.5 Å². The van der Waals surface area contributed by atoms with Crippen LogP contribution < -0.4 is 16.0 Å². The van der Waals surface area contributed by atoms with Gasteiger partial charge in [0.25, 0.3) is 5.56 Å². The van der Waals surface area contributed by atoms with Gasteiger partial charge in [-0.3, -0.25) is 14.2 Å². The third-order valence-corrected chi connectivity index (χ3v) is 8.62. The number of nitrogens with zero attached hydrogens (tertiary/aromatic N) is 3. The molecule has 2 aromatic heterocycles. The van der Waals surface area contributed by atoms with E-state index in [1.165, 1.54) is 20.8 Å². The molecule has 1 aromatic carbocycles. The van der Waals surface area contributed by atoms with Crippen LogP contribution in [-0.2, 0) is 24.2 Å². The van der Waals surface area contributed by atoms with Crippen molar-refractivity contribution < 1.29 is 9.53 Å². The van der Waals surface area contributed by atoms with Gasteiger partial charge in [0.1, 0.15) is 17.1 Å². The molecule has 1 aliphatic heterocycles. The standard InChI is InChI=1S/C27H33N3O4S/c1-3-34-20-14-12-19(13-15-20)30-25(32)24-21-10-5-4-6-11-22(21)35-26(24)29(27(30)33)17-23(31)28-16-8-7-9-18(28)2/h12-15,18H,3-11,16-17H2,1-2H3/t18-/m1/s1. The van der Waals surface area contributed by atoms with Gasteiger partial charge in [0, 0.05) is 17.5 Å². The van der Waals surface area contributed by atoms with Crippen molar-refractivity contribution in [3.8, 4) is 11.4 Å². The molecule has 8 heteroatoms. The predicted molar refractivity (Wildman–Crippen MR) is 139 cm³/mol. The maximum Gasteiger partial charge on any atom is 0.337 e. The Kier molecular flexibility index (Phi) is 6.82. The monoisotopic (exact) mass is 495 g/mol. The van der Waals surface area contributed by atoms with Gasteiger partial charge in [-0.25, -0.2) is 9.36 Å². The third kappa shape index (κ3) is 4.44. The minimum Gasteiger partial charge on any atom is -0.494 e. The van der Waals surface area contributed by atoms with Gasteiger partial charge in [-0.15, -0.1) is 11.3 Å². The molecule has 0 bridgehead atoms. The van der Waals surface area contributed by atoms with E-state index >= 15 is 0 Å². The highest BCUT2D eigenvalue weighted by Gasteiger charge is 2.28. The first kappa shape index (κ1) is 23.9. The molecule has 0 radical (unpaired) electrons. The largest absolute Gasteiger partial charge is 0.494 e. The number of hydrogen-bond acceptors (Lipinski definition) is 5. The van der Waals surface area contributed by atoms with Crippen LogP contribution in [0.2, 0.25) is 0 Å². The fourth-order valence-corrected chi connectivity index (χ4v) is 6.84. The molecule has 5 rings (SSSR count). The molecular weight excluding hydrogens is 462 g/mol. The number of piperidine rings is 1. The molecule has 3 aromatic rings. The van der Waals surface area contributed by atoms with Gasteiger partial charge in [-0.2, -0.15) is 0 Å². The highest BCUT2D eigenvalue weighted by Crippen LogP contribution is 2.34. The fourth-order valence-electron chi connectivity index (χ4n) is 5.47. The molecule has 3 heterocycles. The normalized spacial score (nSPS) is 18.3. The maximum absolute atomic E-state index is 13.8. The molecule has 0 N–H and O–H groups in total. The summed E-state index contributed by atoms with van der Waals surface area (Å²) in [5, 5.41) is 0.611.